The van der Waals surface area contributed by atoms with E-state index in [0.29, 0.717) is 5.75 Å². The van der Waals surface area contributed by atoms with E-state index in [4.69, 9.17) is 10.5 Å². The van der Waals surface area contributed by atoms with Gasteiger partial charge in [0.05, 0.1) is 0 Å². The first-order valence-corrected chi connectivity index (χ1v) is 6.44. The van der Waals surface area contributed by atoms with Crippen molar-refractivity contribution < 1.29 is 13.5 Å². The van der Waals surface area contributed by atoms with Crippen molar-refractivity contribution in [3.05, 3.63) is 58.1 Å². The van der Waals surface area contributed by atoms with Crippen molar-refractivity contribution in [3.8, 4) is 11.5 Å². The number of benzene rings is 2. The minimum atomic E-state index is -0.751. The molecule has 0 saturated carbocycles. The van der Waals surface area contributed by atoms with Crippen molar-refractivity contribution in [2.45, 2.75) is 13.0 Å². The Morgan fingerprint density at radius 1 is 1.11 bits per heavy atom. The molecule has 0 fully saturated rings. The molecule has 0 aliphatic heterocycles. The van der Waals surface area contributed by atoms with Crippen LogP contribution in [0.1, 0.15) is 18.5 Å². The second kappa shape index (κ2) is 5.67. The molecule has 0 radical (unpaired) electrons. The fourth-order valence-corrected chi connectivity index (χ4v) is 2.02. The molecule has 1 unspecified atom stereocenters. The number of ether oxygens (including phenoxy) is 1. The van der Waals surface area contributed by atoms with Gasteiger partial charge in [-0.1, -0.05) is 15.9 Å². The molecule has 100 valence electrons. The first-order valence-electron chi connectivity index (χ1n) is 5.65. The molecule has 5 heteroatoms. The zero-order chi connectivity index (χ0) is 14.0. The summed E-state index contributed by atoms with van der Waals surface area (Å²) >= 11 is 3.34. The highest BCUT2D eigenvalue weighted by atomic mass is 79.9. The lowest BCUT2D eigenvalue weighted by molar-refractivity contribution is 0.431. The lowest BCUT2D eigenvalue weighted by atomic mass is 10.1. The molecule has 0 amide bonds. The average molecular weight is 328 g/mol. The Labute approximate surface area is 118 Å². The molecule has 2 nitrogen and oxygen atoms in total. The van der Waals surface area contributed by atoms with Crippen LogP contribution in [0, 0.1) is 11.6 Å². The summed E-state index contributed by atoms with van der Waals surface area (Å²) in [5.74, 6) is -0.985. The van der Waals surface area contributed by atoms with Crippen molar-refractivity contribution in [2.24, 2.45) is 5.73 Å². The Morgan fingerprint density at radius 2 is 1.79 bits per heavy atom. The molecule has 1 atom stereocenters. The van der Waals surface area contributed by atoms with Crippen molar-refractivity contribution in [3.63, 3.8) is 0 Å². The van der Waals surface area contributed by atoms with Crippen LogP contribution in [0.15, 0.2) is 40.9 Å². The molecule has 19 heavy (non-hydrogen) atoms. The predicted molar refractivity (Wildman–Crippen MR) is 73.2 cm³/mol. The van der Waals surface area contributed by atoms with Gasteiger partial charge in [0, 0.05) is 22.1 Å². The fourth-order valence-electron chi connectivity index (χ4n) is 1.64. The number of halogens is 3. The first kappa shape index (κ1) is 14.0. The van der Waals surface area contributed by atoms with E-state index in [0.717, 1.165) is 22.2 Å². The Hall–Kier alpha value is -1.46. The van der Waals surface area contributed by atoms with Crippen molar-refractivity contribution in [1.82, 2.24) is 0 Å². The maximum Gasteiger partial charge on any atom is 0.168 e. The zero-order valence-corrected chi connectivity index (χ0v) is 11.7. The van der Waals surface area contributed by atoms with Crippen LogP contribution in [0.25, 0.3) is 0 Å². The topological polar surface area (TPSA) is 35.2 Å². The van der Waals surface area contributed by atoms with Crippen LogP contribution >= 0.6 is 15.9 Å². The molecule has 0 heterocycles. The molecular formula is C14H12BrF2NO. The van der Waals surface area contributed by atoms with Crippen LogP contribution in [0.5, 0.6) is 11.5 Å². The minimum absolute atomic E-state index is 0.0365. The molecule has 2 N–H and O–H groups in total. The summed E-state index contributed by atoms with van der Waals surface area (Å²) in [5.41, 5.74) is 6.58. The summed E-state index contributed by atoms with van der Waals surface area (Å²) < 4.78 is 32.7. The van der Waals surface area contributed by atoms with Gasteiger partial charge in [-0.2, -0.15) is 0 Å². The van der Waals surface area contributed by atoms with Gasteiger partial charge in [0.15, 0.2) is 11.6 Å². The highest BCUT2D eigenvalue weighted by molar-refractivity contribution is 9.10. The third kappa shape index (κ3) is 3.30. The van der Waals surface area contributed by atoms with Crippen LogP contribution < -0.4 is 10.5 Å². The van der Waals surface area contributed by atoms with Crippen molar-refractivity contribution in [2.75, 3.05) is 0 Å². The van der Waals surface area contributed by atoms with Gasteiger partial charge in [0.2, 0.25) is 0 Å². The zero-order valence-electron chi connectivity index (χ0n) is 10.2. The third-order valence-corrected chi connectivity index (χ3v) is 3.07. The fraction of sp³-hybridized carbons (Fsp3) is 0.143. The normalized spacial score (nSPS) is 12.3. The van der Waals surface area contributed by atoms with Gasteiger partial charge in [-0.3, -0.25) is 0 Å². The summed E-state index contributed by atoms with van der Waals surface area (Å²) in [4.78, 5) is 0. The molecule has 0 aromatic heterocycles. The summed E-state index contributed by atoms with van der Waals surface area (Å²) in [7, 11) is 0. The quantitative estimate of drug-likeness (QED) is 0.898. The Kier molecular flexibility index (Phi) is 4.17. The highest BCUT2D eigenvalue weighted by Gasteiger charge is 2.12. The van der Waals surface area contributed by atoms with E-state index < -0.39 is 11.6 Å². The van der Waals surface area contributed by atoms with Crippen molar-refractivity contribution in [1.29, 1.82) is 0 Å². The predicted octanol–water partition coefficient (Wildman–Crippen LogP) is 4.54. The summed E-state index contributed by atoms with van der Waals surface area (Å²) in [6, 6.07) is 8.16. The maximum absolute atomic E-state index is 13.5. The average Bonchev–Trinajstić information content (AvgIpc) is 2.34. The molecule has 0 aliphatic rings. The maximum atomic E-state index is 13.5. The molecule has 0 aliphatic carbocycles. The van der Waals surface area contributed by atoms with Crippen LogP contribution in [0.4, 0.5) is 8.78 Å². The number of nitrogens with two attached hydrogens (primary N) is 1. The Balaban J connectivity index is 2.38. The SMILES string of the molecule is CC(N)c1cc(Br)ccc1Oc1ccc(F)cc1F. The van der Waals surface area contributed by atoms with Crippen LogP contribution in [-0.2, 0) is 0 Å². The van der Waals surface area contributed by atoms with E-state index in [1.54, 1.807) is 25.1 Å². The molecule has 0 spiro atoms. The monoisotopic (exact) mass is 327 g/mol. The molecule has 0 bridgehead atoms. The number of hydrogen-bond acceptors (Lipinski definition) is 2. The summed E-state index contributed by atoms with van der Waals surface area (Å²) in [5, 5.41) is 0. The van der Waals surface area contributed by atoms with E-state index in [1.165, 1.54) is 6.07 Å². The largest absolute Gasteiger partial charge is 0.454 e. The molecule has 2 aromatic rings. The standard InChI is InChI=1S/C14H12BrF2NO/c1-8(18)11-6-9(15)2-4-13(11)19-14-5-3-10(16)7-12(14)17/h2-8H,18H2,1H3. The van der Waals surface area contributed by atoms with Crippen molar-refractivity contribution >= 4 is 15.9 Å². The van der Waals surface area contributed by atoms with Crippen LogP contribution in [0.2, 0.25) is 0 Å². The van der Waals surface area contributed by atoms with E-state index in [2.05, 4.69) is 15.9 Å². The highest BCUT2D eigenvalue weighted by Crippen LogP contribution is 2.32. The Morgan fingerprint density at radius 3 is 2.42 bits per heavy atom. The van der Waals surface area contributed by atoms with E-state index in [-0.39, 0.29) is 11.8 Å². The minimum Gasteiger partial charge on any atom is -0.454 e. The van der Waals surface area contributed by atoms with Gasteiger partial charge in [-0.15, -0.1) is 0 Å². The summed E-state index contributed by atoms with van der Waals surface area (Å²) in [6.07, 6.45) is 0. The van der Waals surface area contributed by atoms with Gasteiger partial charge in [-0.05, 0) is 37.3 Å². The van der Waals surface area contributed by atoms with Gasteiger partial charge >= 0.3 is 0 Å². The smallest absolute Gasteiger partial charge is 0.168 e. The Bertz CT molecular complexity index is 602. The van der Waals surface area contributed by atoms with Gasteiger partial charge < -0.3 is 10.5 Å². The number of hydrogen-bond donors (Lipinski definition) is 1. The molecule has 0 saturated heterocycles. The van der Waals surface area contributed by atoms with E-state index >= 15 is 0 Å². The van der Waals surface area contributed by atoms with Gasteiger partial charge in [-0.25, -0.2) is 8.78 Å². The van der Waals surface area contributed by atoms with Crippen LogP contribution in [-0.4, -0.2) is 0 Å². The molecule has 2 rings (SSSR count). The molecular weight excluding hydrogens is 316 g/mol. The van der Waals surface area contributed by atoms with E-state index in [9.17, 15) is 8.78 Å². The molecule has 2 aromatic carbocycles. The van der Waals surface area contributed by atoms with Crippen LogP contribution in [0.3, 0.4) is 0 Å². The van der Waals surface area contributed by atoms with Gasteiger partial charge in [0.1, 0.15) is 11.6 Å². The lowest BCUT2D eigenvalue weighted by Crippen LogP contribution is -2.07. The lowest BCUT2D eigenvalue weighted by Gasteiger charge is -2.14. The second-order valence-corrected chi connectivity index (χ2v) is 5.06. The second-order valence-electron chi connectivity index (χ2n) is 4.15. The first-order chi connectivity index (χ1) is 8.97. The third-order valence-electron chi connectivity index (χ3n) is 2.58. The van der Waals surface area contributed by atoms with Gasteiger partial charge in [0.25, 0.3) is 0 Å². The number of rotatable bonds is 3. The van der Waals surface area contributed by atoms with E-state index in [1.807, 2.05) is 0 Å². The summed E-state index contributed by atoms with van der Waals surface area (Å²) in [6.45, 7) is 1.80.